The maximum Gasteiger partial charge on any atom is 0.191 e. The summed E-state index contributed by atoms with van der Waals surface area (Å²) in [5.74, 6) is 0.875. The van der Waals surface area contributed by atoms with Crippen molar-refractivity contribution in [2.24, 2.45) is 4.99 Å². The Hall–Kier alpha value is -1.60. The molecule has 0 spiro atoms. The van der Waals surface area contributed by atoms with Gasteiger partial charge in [-0.05, 0) is 50.4 Å². The third-order valence-corrected chi connectivity index (χ3v) is 5.91. The Bertz CT molecular complexity index is 712. The molecule has 0 amide bonds. The van der Waals surface area contributed by atoms with Gasteiger partial charge < -0.3 is 10.6 Å². The van der Waals surface area contributed by atoms with Gasteiger partial charge in [0.2, 0.25) is 0 Å². The van der Waals surface area contributed by atoms with Gasteiger partial charge in [-0.15, -0.1) is 0 Å². The molecule has 1 unspecified atom stereocenters. The second-order valence-corrected chi connectivity index (χ2v) is 9.75. The van der Waals surface area contributed by atoms with E-state index in [0.717, 1.165) is 6.54 Å². The first kappa shape index (κ1) is 21.7. The summed E-state index contributed by atoms with van der Waals surface area (Å²) in [5.41, 5.74) is 2.63. The van der Waals surface area contributed by atoms with Gasteiger partial charge in [-0.2, -0.15) is 0 Å². The van der Waals surface area contributed by atoms with Crippen molar-refractivity contribution in [2.45, 2.75) is 51.7 Å². The minimum Gasteiger partial charge on any atom is -0.354 e. The Morgan fingerprint density at radius 2 is 1.85 bits per heavy atom. The molecule has 27 heavy (non-hydrogen) atoms. The molecule has 0 bridgehead atoms. The summed E-state index contributed by atoms with van der Waals surface area (Å²) in [7, 11) is -1.21. The van der Waals surface area contributed by atoms with Crippen molar-refractivity contribution in [3.8, 4) is 0 Å². The molecule has 7 heteroatoms. The molecule has 152 valence electrons. The summed E-state index contributed by atoms with van der Waals surface area (Å²) in [6.07, 6.45) is 5.76. The molecule has 1 aromatic carbocycles. The topological polar surface area (TPSA) is 73.8 Å². The standard InChI is InChI=1S/C20H34N4O2S/c1-17(11-14-27(3,25)26)23-20(21-2)22-15-18-9-5-6-10-19(18)16-24-12-7-4-8-13-24/h5-6,9-10,17H,4,7-8,11-16H2,1-3H3,(H2,21,22,23). The molecule has 0 aromatic heterocycles. The van der Waals surface area contributed by atoms with E-state index < -0.39 is 9.84 Å². The molecule has 2 rings (SSSR count). The first-order valence-corrected chi connectivity index (χ1v) is 11.9. The zero-order valence-electron chi connectivity index (χ0n) is 16.9. The van der Waals surface area contributed by atoms with Crippen LogP contribution in [-0.2, 0) is 22.9 Å². The van der Waals surface area contributed by atoms with Crippen LogP contribution in [-0.4, -0.2) is 57.5 Å². The first-order chi connectivity index (χ1) is 12.9. The maximum absolute atomic E-state index is 11.3. The molecule has 0 aliphatic carbocycles. The third kappa shape index (κ3) is 8.30. The quantitative estimate of drug-likeness (QED) is 0.522. The fraction of sp³-hybridized carbons (Fsp3) is 0.650. The lowest BCUT2D eigenvalue weighted by Crippen LogP contribution is -2.42. The fourth-order valence-electron chi connectivity index (χ4n) is 3.31. The van der Waals surface area contributed by atoms with Crippen molar-refractivity contribution < 1.29 is 8.42 Å². The lowest BCUT2D eigenvalue weighted by atomic mass is 10.0. The molecule has 1 fully saturated rings. The van der Waals surface area contributed by atoms with Crippen LogP contribution >= 0.6 is 0 Å². The second-order valence-electron chi connectivity index (χ2n) is 7.50. The lowest BCUT2D eigenvalue weighted by Gasteiger charge is -2.27. The molecular formula is C20H34N4O2S. The van der Waals surface area contributed by atoms with Crippen LogP contribution in [0.1, 0.15) is 43.7 Å². The van der Waals surface area contributed by atoms with E-state index in [4.69, 9.17) is 0 Å². The highest BCUT2D eigenvalue weighted by atomic mass is 32.2. The van der Waals surface area contributed by atoms with Crippen molar-refractivity contribution in [1.82, 2.24) is 15.5 Å². The van der Waals surface area contributed by atoms with E-state index in [1.807, 2.05) is 6.92 Å². The highest BCUT2D eigenvalue weighted by Crippen LogP contribution is 2.16. The minimum absolute atomic E-state index is 0.0366. The number of sulfone groups is 1. The van der Waals surface area contributed by atoms with Gasteiger partial charge in [-0.1, -0.05) is 30.7 Å². The van der Waals surface area contributed by atoms with Crippen LogP contribution in [0.5, 0.6) is 0 Å². The molecule has 0 radical (unpaired) electrons. The number of benzene rings is 1. The molecule has 1 heterocycles. The van der Waals surface area contributed by atoms with Gasteiger partial charge in [0, 0.05) is 32.4 Å². The monoisotopic (exact) mass is 394 g/mol. The predicted molar refractivity (Wildman–Crippen MR) is 113 cm³/mol. The van der Waals surface area contributed by atoms with Crippen molar-refractivity contribution in [1.29, 1.82) is 0 Å². The van der Waals surface area contributed by atoms with Crippen LogP contribution in [0.2, 0.25) is 0 Å². The Labute approximate surface area is 164 Å². The molecule has 1 aliphatic rings. The highest BCUT2D eigenvalue weighted by molar-refractivity contribution is 7.90. The van der Waals surface area contributed by atoms with Crippen LogP contribution in [0, 0.1) is 0 Å². The van der Waals surface area contributed by atoms with Crippen molar-refractivity contribution >= 4 is 15.8 Å². The normalized spacial score (nSPS) is 17.5. The largest absolute Gasteiger partial charge is 0.354 e. The molecule has 1 aromatic rings. The number of rotatable bonds is 8. The average Bonchev–Trinajstić information content (AvgIpc) is 2.65. The Balaban J connectivity index is 1.88. The number of likely N-dealkylation sites (tertiary alicyclic amines) is 1. The zero-order chi connectivity index (χ0) is 19.7. The number of hydrogen-bond donors (Lipinski definition) is 2. The Kier molecular flexibility index (Phi) is 8.57. The molecule has 6 nitrogen and oxygen atoms in total. The molecule has 2 N–H and O–H groups in total. The van der Waals surface area contributed by atoms with E-state index >= 15 is 0 Å². The second kappa shape index (κ2) is 10.7. The van der Waals surface area contributed by atoms with Crippen molar-refractivity contribution in [3.05, 3.63) is 35.4 Å². The van der Waals surface area contributed by atoms with E-state index in [1.165, 1.54) is 49.7 Å². The minimum atomic E-state index is -2.94. The smallest absolute Gasteiger partial charge is 0.191 e. The number of nitrogens with one attached hydrogen (secondary N) is 2. The van der Waals surface area contributed by atoms with Crippen LogP contribution in [0.25, 0.3) is 0 Å². The maximum atomic E-state index is 11.3. The van der Waals surface area contributed by atoms with E-state index in [2.05, 4.69) is 44.8 Å². The number of guanidine groups is 1. The molecule has 0 saturated carbocycles. The Morgan fingerprint density at radius 1 is 1.19 bits per heavy atom. The summed E-state index contributed by atoms with van der Waals surface area (Å²) in [5, 5.41) is 6.64. The van der Waals surface area contributed by atoms with E-state index in [-0.39, 0.29) is 11.8 Å². The number of hydrogen-bond acceptors (Lipinski definition) is 4. The van der Waals surface area contributed by atoms with Gasteiger partial charge in [-0.25, -0.2) is 8.42 Å². The van der Waals surface area contributed by atoms with Crippen molar-refractivity contribution in [3.63, 3.8) is 0 Å². The average molecular weight is 395 g/mol. The lowest BCUT2D eigenvalue weighted by molar-refractivity contribution is 0.220. The van der Waals surface area contributed by atoms with Gasteiger partial charge in [0.25, 0.3) is 0 Å². The first-order valence-electron chi connectivity index (χ1n) is 9.81. The zero-order valence-corrected chi connectivity index (χ0v) is 17.7. The molecular weight excluding hydrogens is 360 g/mol. The van der Waals surface area contributed by atoms with Gasteiger partial charge in [0.15, 0.2) is 5.96 Å². The van der Waals surface area contributed by atoms with Gasteiger partial charge in [0.1, 0.15) is 9.84 Å². The Morgan fingerprint density at radius 3 is 2.48 bits per heavy atom. The number of piperidine rings is 1. The van der Waals surface area contributed by atoms with Crippen LogP contribution < -0.4 is 10.6 Å². The summed E-state index contributed by atoms with van der Waals surface area (Å²) in [4.78, 5) is 6.80. The molecule has 1 saturated heterocycles. The number of nitrogens with zero attached hydrogens (tertiary/aromatic N) is 2. The van der Waals surface area contributed by atoms with Gasteiger partial charge in [-0.3, -0.25) is 9.89 Å². The predicted octanol–water partition coefficient (Wildman–Crippen LogP) is 2.16. The summed E-state index contributed by atoms with van der Waals surface area (Å²) in [6.45, 7) is 6.03. The van der Waals surface area contributed by atoms with Crippen molar-refractivity contribution in [2.75, 3.05) is 32.1 Å². The van der Waals surface area contributed by atoms with E-state index in [9.17, 15) is 8.42 Å². The van der Waals surface area contributed by atoms with Crippen LogP contribution in [0.15, 0.2) is 29.3 Å². The summed E-state index contributed by atoms with van der Waals surface area (Å²) >= 11 is 0. The van der Waals surface area contributed by atoms with Crippen LogP contribution in [0.4, 0.5) is 0 Å². The third-order valence-electron chi connectivity index (χ3n) is 4.94. The van der Waals surface area contributed by atoms with Gasteiger partial charge in [0.05, 0.1) is 5.75 Å². The van der Waals surface area contributed by atoms with E-state index in [0.29, 0.717) is 18.9 Å². The summed E-state index contributed by atoms with van der Waals surface area (Å²) in [6, 6.07) is 8.57. The molecule has 1 aliphatic heterocycles. The molecule has 1 atom stereocenters. The van der Waals surface area contributed by atoms with Crippen LogP contribution in [0.3, 0.4) is 0 Å². The number of aliphatic imine (C=N–C) groups is 1. The van der Waals surface area contributed by atoms with E-state index in [1.54, 1.807) is 7.05 Å². The SMILES string of the molecule is CN=C(NCc1ccccc1CN1CCCCC1)NC(C)CCS(C)(=O)=O. The summed E-state index contributed by atoms with van der Waals surface area (Å²) < 4.78 is 22.7. The highest BCUT2D eigenvalue weighted by Gasteiger charge is 2.13. The van der Waals surface area contributed by atoms with Gasteiger partial charge >= 0.3 is 0 Å². The fourth-order valence-corrected chi connectivity index (χ4v) is 4.09.